The highest BCUT2D eigenvalue weighted by Gasteiger charge is 2.62. The highest BCUT2D eigenvalue weighted by Crippen LogP contribution is 2.64. The third kappa shape index (κ3) is 2.51. The molecular weight excluding hydrogens is 272 g/mol. The quantitative estimate of drug-likeness (QED) is 0.618. The summed E-state index contributed by atoms with van der Waals surface area (Å²) in [5.74, 6) is 3.36. The van der Waals surface area contributed by atoms with Crippen LogP contribution in [0.25, 0.3) is 0 Å². The summed E-state index contributed by atoms with van der Waals surface area (Å²) in [6, 6.07) is 0. The molecule has 5 unspecified atom stereocenters. The molecule has 3 saturated carbocycles. The van der Waals surface area contributed by atoms with Crippen LogP contribution in [0.5, 0.6) is 0 Å². The topological polar surface area (TPSA) is 26.3 Å². The van der Waals surface area contributed by atoms with E-state index in [0.717, 1.165) is 37.0 Å². The van der Waals surface area contributed by atoms with E-state index >= 15 is 0 Å². The summed E-state index contributed by atoms with van der Waals surface area (Å²) in [6.45, 7) is 8.41. The summed E-state index contributed by atoms with van der Waals surface area (Å²) in [5.41, 5.74) is -0.453. The van der Waals surface area contributed by atoms with Crippen molar-refractivity contribution in [1.82, 2.24) is 0 Å². The Labute approximate surface area is 136 Å². The summed E-state index contributed by atoms with van der Waals surface area (Å²) < 4.78 is 6.36. The van der Waals surface area contributed by atoms with Crippen molar-refractivity contribution in [2.45, 2.75) is 91.1 Å². The molecule has 0 heterocycles. The van der Waals surface area contributed by atoms with Crippen LogP contribution in [0, 0.1) is 29.1 Å². The second-order valence-electron chi connectivity index (χ2n) is 8.86. The molecule has 3 aliphatic carbocycles. The molecule has 3 aliphatic rings. The van der Waals surface area contributed by atoms with Gasteiger partial charge in [-0.1, -0.05) is 26.7 Å². The van der Waals surface area contributed by atoms with Gasteiger partial charge in [0.1, 0.15) is 5.60 Å². The third-order valence-corrected chi connectivity index (χ3v) is 7.27. The van der Waals surface area contributed by atoms with Gasteiger partial charge in [0, 0.05) is 5.92 Å². The summed E-state index contributed by atoms with van der Waals surface area (Å²) in [4.78, 5) is 12.8. The highest BCUT2D eigenvalue weighted by atomic mass is 16.6. The largest absolute Gasteiger partial charge is 0.458 e. The minimum absolute atomic E-state index is 0.0493. The summed E-state index contributed by atoms with van der Waals surface area (Å²) >= 11 is 0. The zero-order chi connectivity index (χ0) is 16.0. The number of carbonyl (C=O) groups excluding carboxylic acids is 1. The molecule has 0 spiro atoms. The maximum absolute atomic E-state index is 12.8. The molecule has 2 bridgehead atoms. The molecule has 0 N–H and O–H groups in total. The van der Waals surface area contributed by atoms with Crippen molar-refractivity contribution in [3.05, 3.63) is 0 Å². The molecule has 0 amide bonds. The van der Waals surface area contributed by atoms with Gasteiger partial charge < -0.3 is 4.74 Å². The van der Waals surface area contributed by atoms with Gasteiger partial charge in [0.15, 0.2) is 0 Å². The van der Waals surface area contributed by atoms with E-state index in [1.165, 1.54) is 38.5 Å². The van der Waals surface area contributed by atoms with Crippen molar-refractivity contribution in [1.29, 1.82) is 0 Å². The van der Waals surface area contributed by atoms with Crippen LogP contribution in [-0.4, -0.2) is 11.6 Å². The number of rotatable bonds is 6. The molecule has 2 heteroatoms. The monoisotopic (exact) mass is 306 g/mol. The zero-order valence-electron chi connectivity index (χ0n) is 15.0. The Morgan fingerprint density at radius 3 is 2.64 bits per heavy atom. The van der Waals surface area contributed by atoms with E-state index in [1.807, 2.05) is 13.8 Å². The Morgan fingerprint density at radius 2 is 1.95 bits per heavy atom. The van der Waals surface area contributed by atoms with E-state index in [-0.39, 0.29) is 17.0 Å². The molecule has 0 saturated heterocycles. The van der Waals surface area contributed by atoms with E-state index in [2.05, 4.69) is 13.8 Å². The third-order valence-electron chi connectivity index (χ3n) is 7.27. The normalized spacial score (nSPS) is 40.0. The maximum Gasteiger partial charge on any atom is 0.312 e. The fraction of sp³-hybridized carbons (Fsp3) is 0.950. The first-order valence-electron chi connectivity index (χ1n) is 9.67. The average Bonchev–Trinajstić information content (AvgIpc) is 3.16. The lowest BCUT2D eigenvalue weighted by Crippen LogP contribution is -2.47. The summed E-state index contributed by atoms with van der Waals surface area (Å²) in [6.07, 6.45) is 11.1. The Hall–Kier alpha value is -0.530. The average molecular weight is 306 g/mol. The van der Waals surface area contributed by atoms with Gasteiger partial charge in [-0.05, 0) is 76.5 Å². The Bertz CT molecular complexity index is 427. The van der Waals surface area contributed by atoms with Crippen LogP contribution in [-0.2, 0) is 9.53 Å². The van der Waals surface area contributed by atoms with E-state index in [9.17, 15) is 4.79 Å². The van der Waals surface area contributed by atoms with E-state index in [1.54, 1.807) is 0 Å². The minimum atomic E-state index is -0.337. The summed E-state index contributed by atoms with van der Waals surface area (Å²) in [7, 11) is 0. The highest BCUT2D eigenvalue weighted by molar-refractivity contribution is 5.76. The predicted molar refractivity (Wildman–Crippen MR) is 89.5 cm³/mol. The molecule has 0 aliphatic heterocycles. The number of unbranched alkanes of at least 4 members (excludes halogenated alkanes) is 1. The van der Waals surface area contributed by atoms with Crippen LogP contribution in [0.15, 0.2) is 0 Å². The maximum atomic E-state index is 12.8. The van der Waals surface area contributed by atoms with E-state index < -0.39 is 0 Å². The number of hydrogen-bond acceptors (Lipinski definition) is 2. The molecule has 3 fully saturated rings. The number of fused-ring (bicyclic) bond motifs is 5. The fourth-order valence-corrected chi connectivity index (χ4v) is 5.61. The van der Waals surface area contributed by atoms with Crippen molar-refractivity contribution in [3.8, 4) is 0 Å². The predicted octanol–water partition coefficient (Wildman–Crippen LogP) is 5.35. The van der Waals surface area contributed by atoms with Gasteiger partial charge in [0.2, 0.25) is 0 Å². The zero-order valence-corrected chi connectivity index (χ0v) is 15.0. The molecular formula is C20H34O2. The van der Waals surface area contributed by atoms with E-state index in [4.69, 9.17) is 4.74 Å². The van der Waals surface area contributed by atoms with Gasteiger partial charge in [-0.2, -0.15) is 0 Å². The molecule has 0 aromatic heterocycles. The molecule has 0 aromatic rings. The SMILES string of the molecule is CCCCC1(OC(=O)C(C)(C)CC)CC2CC1C1CCCC21. The van der Waals surface area contributed by atoms with Crippen molar-refractivity contribution in [2.24, 2.45) is 29.1 Å². The second kappa shape index (κ2) is 5.83. The minimum Gasteiger partial charge on any atom is -0.458 e. The Kier molecular flexibility index (Phi) is 4.33. The molecule has 0 aromatic carbocycles. The first kappa shape index (κ1) is 16.3. The van der Waals surface area contributed by atoms with Gasteiger partial charge in [-0.25, -0.2) is 0 Å². The molecule has 22 heavy (non-hydrogen) atoms. The number of hydrogen-bond donors (Lipinski definition) is 0. The molecule has 3 rings (SSSR count). The van der Waals surface area contributed by atoms with Crippen molar-refractivity contribution in [3.63, 3.8) is 0 Å². The van der Waals surface area contributed by atoms with Crippen LogP contribution >= 0.6 is 0 Å². The van der Waals surface area contributed by atoms with Crippen LogP contribution in [0.4, 0.5) is 0 Å². The summed E-state index contributed by atoms with van der Waals surface area (Å²) in [5, 5.41) is 0. The number of ether oxygens (including phenoxy) is 1. The lowest BCUT2D eigenvalue weighted by atomic mass is 9.70. The molecule has 126 valence electrons. The van der Waals surface area contributed by atoms with Crippen LogP contribution in [0.1, 0.15) is 85.5 Å². The number of carbonyl (C=O) groups is 1. The fourth-order valence-electron chi connectivity index (χ4n) is 5.61. The van der Waals surface area contributed by atoms with E-state index in [0.29, 0.717) is 5.92 Å². The van der Waals surface area contributed by atoms with Crippen LogP contribution in [0.2, 0.25) is 0 Å². The van der Waals surface area contributed by atoms with Gasteiger partial charge in [0.25, 0.3) is 0 Å². The molecule has 2 nitrogen and oxygen atoms in total. The lowest BCUT2D eigenvalue weighted by Gasteiger charge is -2.44. The Morgan fingerprint density at radius 1 is 1.23 bits per heavy atom. The first-order valence-corrected chi connectivity index (χ1v) is 9.67. The van der Waals surface area contributed by atoms with Gasteiger partial charge in [-0.3, -0.25) is 4.79 Å². The molecule has 0 radical (unpaired) electrons. The van der Waals surface area contributed by atoms with Gasteiger partial charge in [0.05, 0.1) is 5.41 Å². The van der Waals surface area contributed by atoms with Crippen molar-refractivity contribution >= 4 is 5.97 Å². The van der Waals surface area contributed by atoms with Gasteiger partial charge >= 0.3 is 5.97 Å². The first-order chi connectivity index (χ1) is 10.4. The van der Waals surface area contributed by atoms with Crippen LogP contribution in [0.3, 0.4) is 0 Å². The lowest BCUT2D eigenvalue weighted by molar-refractivity contribution is -0.182. The van der Waals surface area contributed by atoms with Gasteiger partial charge in [-0.15, -0.1) is 0 Å². The van der Waals surface area contributed by atoms with Crippen molar-refractivity contribution < 1.29 is 9.53 Å². The number of esters is 1. The van der Waals surface area contributed by atoms with Crippen molar-refractivity contribution in [2.75, 3.05) is 0 Å². The standard InChI is InChI=1S/C20H34O2/c1-5-7-11-20(22-18(21)19(3,4)6-2)13-14-12-17(20)16-10-8-9-15(14)16/h14-17H,5-13H2,1-4H3. The smallest absolute Gasteiger partial charge is 0.312 e. The second-order valence-corrected chi connectivity index (χ2v) is 8.86. The Balaban J connectivity index is 1.80. The molecule has 5 atom stereocenters. The van der Waals surface area contributed by atoms with Crippen LogP contribution < -0.4 is 0 Å².